The maximum atomic E-state index is 13.1. The smallest absolute Gasteiger partial charge is 0.337 e. The van der Waals surface area contributed by atoms with E-state index in [1.807, 2.05) is 54.2 Å². The molecule has 1 aromatic carbocycles. The van der Waals surface area contributed by atoms with Crippen LogP contribution in [0.2, 0.25) is 0 Å². The molecular formula is C35H36F4N6O. The number of allylic oxidation sites excluding steroid dienone is 3. The third-order valence-electron chi connectivity index (χ3n) is 8.39. The van der Waals surface area contributed by atoms with Crippen molar-refractivity contribution in [2.45, 2.75) is 57.3 Å². The Morgan fingerprint density at radius 3 is 2.70 bits per heavy atom. The minimum Gasteiger partial charge on any atom is -0.337 e. The number of pyridine rings is 1. The van der Waals surface area contributed by atoms with Crippen LogP contribution in [0.15, 0.2) is 101 Å². The normalized spacial score (nSPS) is 20.6. The number of hydrogen-bond donors (Lipinski definition) is 0. The Hall–Kier alpha value is -4.76. The zero-order valence-electron chi connectivity index (χ0n) is 25.8. The third-order valence-corrected chi connectivity index (χ3v) is 8.39. The van der Waals surface area contributed by atoms with Gasteiger partial charge in [-0.3, -0.25) is 14.8 Å². The predicted octanol–water partition coefficient (Wildman–Crippen LogP) is 7.56. The number of carbonyl (C=O) groups is 1. The Labute approximate surface area is 265 Å². The van der Waals surface area contributed by atoms with E-state index in [1.54, 1.807) is 16.6 Å². The van der Waals surface area contributed by atoms with Crippen molar-refractivity contribution < 1.29 is 22.4 Å². The quantitative estimate of drug-likeness (QED) is 0.0805. The van der Waals surface area contributed by atoms with Gasteiger partial charge in [0.15, 0.2) is 0 Å². The van der Waals surface area contributed by atoms with Crippen LogP contribution in [-0.4, -0.2) is 62.8 Å². The zero-order chi connectivity index (χ0) is 32.8. The van der Waals surface area contributed by atoms with Gasteiger partial charge in [-0.05, 0) is 63.2 Å². The van der Waals surface area contributed by atoms with Gasteiger partial charge in [0, 0.05) is 48.4 Å². The van der Waals surface area contributed by atoms with Crippen molar-refractivity contribution >= 4 is 23.5 Å². The summed E-state index contributed by atoms with van der Waals surface area (Å²) in [6.45, 7) is 6.40. The molecule has 3 aliphatic rings. The SMILES string of the molecule is C=C/C(CCC1=NC=C(F)C=C=C1)=N\N(C)CC1CCC2C[C@@H]2N1C=O.Cc1c(-c2ccccc2)nc2cc(C(F)(F)F)ccn12. The van der Waals surface area contributed by atoms with Gasteiger partial charge in [0.05, 0.1) is 35.8 Å². The van der Waals surface area contributed by atoms with E-state index in [0.717, 1.165) is 66.5 Å². The monoisotopic (exact) mass is 632 g/mol. The summed E-state index contributed by atoms with van der Waals surface area (Å²) in [6.07, 6.45) is 8.62. The van der Waals surface area contributed by atoms with Crippen LogP contribution in [-0.2, 0) is 11.0 Å². The van der Waals surface area contributed by atoms with Gasteiger partial charge >= 0.3 is 6.18 Å². The topological polar surface area (TPSA) is 65.6 Å². The second-order valence-electron chi connectivity index (χ2n) is 11.6. The first-order valence-corrected chi connectivity index (χ1v) is 15.2. The summed E-state index contributed by atoms with van der Waals surface area (Å²) >= 11 is 0. The number of alkyl halides is 3. The van der Waals surface area contributed by atoms with Gasteiger partial charge in [0.2, 0.25) is 6.41 Å². The van der Waals surface area contributed by atoms with Crippen LogP contribution < -0.4 is 0 Å². The van der Waals surface area contributed by atoms with Crippen molar-refractivity contribution in [2.75, 3.05) is 13.6 Å². The van der Waals surface area contributed by atoms with Gasteiger partial charge in [-0.1, -0.05) is 36.9 Å². The standard InChI is InChI=1S/C20H25FN4O.C15H11F3N2/c1-3-17(8-9-18-6-4-5-16(21)12-22-18)23-24(2)13-19-10-7-15-11-20(15)25(19)14-26;1-10-14(11-5-3-2-4-6-11)19-13-9-12(15(16,17)18)7-8-20(10)13/h3,5-6,12,14-15,19-20H,1,7-11,13H2,2H3;2-9H,1H3/b23-17+;/t15?,19?,20-;/m0./s1. The fourth-order valence-electron chi connectivity index (χ4n) is 5.88. The van der Waals surface area contributed by atoms with E-state index >= 15 is 0 Å². The van der Waals surface area contributed by atoms with Crippen LogP contribution in [0.1, 0.15) is 43.4 Å². The largest absolute Gasteiger partial charge is 0.416 e. The first-order chi connectivity index (χ1) is 22.1. The second kappa shape index (κ2) is 14.1. The van der Waals surface area contributed by atoms with Crippen molar-refractivity contribution in [1.82, 2.24) is 19.3 Å². The third kappa shape index (κ3) is 7.90. The Morgan fingerprint density at radius 2 is 1.98 bits per heavy atom. The highest BCUT2D eigenvalue weighted by Crippen LogP contribution is 2.44. The number of hydrogen-bond acceptors (Lipinski definition) is 5. The molecule has 3 aromatic rings. The number of aliphatic imine (C=N–C) groups is 1. The molecule has 0 bridgehead atoms. The van der Waals surface area contributed by atoms with E-state index in [9.17, 15) is 22.4 Å². The molecule has 2 aromatic heterocycles. The lowest BCUT2D eigenvalue weighted by Crippen LogP contribution is -2.45. The van der Waals surface area contributed by atoms with E-state index in [-0.39, 0.29) is 6.04 Å². The number of halogens is 4. The molecule has 2 aliphatic heterocycles. The van der Waals surface area contributed by atoms with Crippen LogP contribution in [0.4, 0.5) is 17.6 Å². The van der Waals surface area contributed by atoms with E-state index in [4.69, 9.17) is 0 Å². The molecule has 2 unspecified atom stereocenters. The zero-order valence-corrected chi connectivity index (χ0v) is 25.8. The lowest BCUT2D eigenvalue weighted by atomic mass is 10.0. The van der Waals surface area contributed by atoms with Crippen LogP contribution in [0.25, 0.3) is 16.9 Å². The number of aryl methyl sites for hydroxylation is 1. The summed E-state index contributed by atoms with van der Waals surface area (Å²) in [5.41, 5.74) is 6.39. The Kier molecular flexibility index (Phi) is 10.0. The number of likely N-dealkylation sites (N-methyl/N-ethyl adjacent to an activating group) is 1. The van der Waals surface area contributed by atoms with Gasteiger partial charge in [-0.25, -0.2) is 9.37 Å². The first kappa shape index (κ1) is 32.6. The molecule has 1 amide bonds. The summed E-state index contributed by atoms with van der Waals surface area (Å²) in [5.74, 6) is 0.314. The summed E-state index contributed by atoms with van der Waals surface area (Å²) in [4.78, 5) is 21.8. The fourth-order valence-corrected chi connectivity index (χ4v) is 5.88. The maximum absolute atomic E-state index is 13.1. The molecule has 0 radical (unpaired) electrons. The molecule has 3 atom stereocenters. The first-order valence-electron chi connectivity index (χ1n) is 15.2. The molecule has 4 heterocycles. The molecule has 1 saturated heterocycles. The number of likely N-dealkylation sites (tertiary alicyclic amines) is 1. The van der Waals surface area contributed by atoms with Gasteiger partial charge in [0.1, 0.15) is 11.5 Å². The number of piperidine rings is 1. The van der Waals surface area contributed by atoms with Gasteiger partial charge in [-0.2, -0.15) is 18.3 Å². The number of nitrogens with zero attached hydrogens (tertiary/aromatic N) is 6. The lowest BCUT2D eigenvalue weighted by molar-refractivity contribution is -0.137. The highest BCUT2D eigenvalue weighted by Gasteiger charge is 2.47. The van der Waals surface area contributed by atoms with Crippen LogP contribution in [0, 0.1) is 12.8 Å². The number of aromatic nitrogens is 2. The Morgan fingerprint density at radius 1 is 1.20 bits per heavy atom. The molecule has 1 saturated carbocycles. The fraction of sp³-hybridized carbons (Fsp3) is 0.343. The maximum Gasteiger partial charge on any atom is 0.416 e. The predicted molar refractivity (Wildman–Crippen MR) is 172 cm³/mol. The summed E-state index contributed by atoms with van der Waals surface area (Å²) in [7, 11) is 1.93. The van der Waals surface area contributed by atoms with E-state index in [2.05, 4.69) is 27.4 Å². The molecule has 0 spiro atoms. The number of fused-ring (bicyclic) bond motifs is 2. The van der Waals surface area contributed by atoms with Gasteiger partial charge < -0.3 is 9.30 Å². The molecule has 46 heavy (non-hydrogen) atoms. The average molecular weight is 633 g/mol. The number of rotatable bonds is 9. The average Bonchev–Trinajstić information content (AvgIpc) is 3.80. The number of benzene rings is 1. The van der Waals surface area contributed by atoms with Crippen LogP contribution in [0.3, 0.4) is 0 Å². The van der Waals surface area contributed by atoms with Gasteiger partial charge in [-0.15, -0.1) is 5.73 Å². The molecule has 6 rings (SSSR count). The van der Waals surface area contributed by atoms with Gasteiger partial charge in [0.25, 0.3) is 0 Å². The van der Waals surface area contributed by atoms with Crippen molar-refractivity contribution in [3.63, 3.8) is 0 Å². The molecule has 2 fully saturated rings. The van der Waals surface area contributed by atoms with E-state index < -0.39 is 17.6 Å². The van der Waals surface area contributed by atoms with Crippen molar-refractivity contribution in [1.29, 1.82) is 0 Å². The number of amides is 1. The van der Waals surface area contributed by atoms with E-state index in [1.165, 1.54) is 24.9 Å². The highest BCUT2D eigenvalue weighted by atomic mass is 19.4. The molecule has 1 aliphatic carbocycles. The second-order valence-corrected chi connectivity index (χ2v) is 11.6. The number of carbonyl (C=O) groups excluding carboxylic acids is 1. The molecule has 11 heteroatoms. The molecule has 0 N–H and O–H groups in total. The van der Waals surface area contributed by atoms with Crippen LogP contribution >= 0.6 is 0 Å². The van der Waals surface area contributed by atoms with Crippen LogP contribution in [0.5, 0.6) is 0 Å². The van der Waals surface area contributed by atoms with Crippen molar-refractivity contribution in [2.24, 2.45) is 16.0 Å². The lowest BCUT2D eigenvalue weighted by Gasteiger charge is -2.34. The Balaban J connectivity index is 0.000000187. The Bertz CT molecular complexity index is 1730. The minimum absolute atomic E-state index is 0.225. The number of hydrazone groups is 1. The molecule has 240 valence electrons. The van der Waals surface area contributed by atoms with Crippen molar-refractivity contribution in [3.05, 3.63) is 102 Å². The molecule has 7 nitrogen and oxygen atoms in total. The van der Waals surface area contributed by atoms with Crippen molar-refractivity contribution in [3.8, 4) is 11.3 Å². The van der Waals surface area contributed by atoms with E-state index in [0.29, 0.717) is 30.2 Å². The number of imidazole rings is 1. The summed E-state index contributed by atoms with van der Waals surface area (Å²) in [5, 5.41) is 6.52. The highest BCUT2D eigenvalue weighted by molar-refractivity contribution is 6.01. The summed E-state index contributed by atoms with van der Waals surface area (Å²) < 4.78 is 52.9. The summed E-state index contributed by atoms with van der Waals surface area (Å²) in [6, 6.07) is 12.2. The minimum atomic E-state index is -4.35. The molecular weight excluding hydrogens is 596 g/mol.